The van der Waals surface area contributed by atoms with Crippen molar-refractivity contribution in [3.05, 3.63) is 0 Å². The molecule has 0 aliphatic heterocycles. The summed E-state index contributed by atoms with van der Waals surface area (Å²) in [5, 5.41) is 11.5. The Morgan fingerprint density at radius 3 is 2.79 bits per heavy atom. The van der Waals surface area contributed by atoms with Crippen molar-refractivity contribution < 1.29 is 9.90 Å². The van der Waals surface area contributed by atoms with Gasteiger partial charge in [-0.25, -0.2) is 0 Å². The number of carbonyl (C=O) groups excluding carboxylic acids is 1. The van der Waals surface area contributed by atoms with Crippen LogP contribution in [-0.4, -0.2) is 30.0 Å². The van der Waals surface area contributed by atoms with Gasteiger partial charge in [-0.05, 0) is 25.2 Å². The molecule has 3 nitrogen and oxygen atoms in total. The Balaban J connectivity index is 3.34. The molecule has 84 valence electrons. The molecule has 0 heterocycles. The number of halogens is 1. The van der Waals surface area contributed by atoms with Crippen molar-refractivity contribution in [2.75, 3.05) is 19.0 Å². The largest absolute Gasteiger partial charge is 0.396 e. The van der Waals surface area contributed by atoms with Crippen LogP contribution < -0.4 is 5.32 Å². The van der Waals surface area contributed by atoms with Gasteiger partial charge in [-0.3, -0.25) is 4.79 Å². The SMILES string of the molecule is CC(CCO)CNC(=O)CCCCCl. The normalized spacial score (nSPS) is 12.5. The van der Waals surface area contributed by atoms with Crippen LogP contribution in [-0.2, 0) is 4.79 Å². The number of nitrogens with one attached hydrogen (secondary N) is 1. The first-order valence-corrected chi connectivity index (χ1v) is 5.67. The highest BCUT2D eigenvalue weighted by atomic mass is 35.5. The van der Waals surface area contributed by atoms with Gasteiger partial charge in [0.05, 0.1) is 0 Å². The third-order valence-electron chi connectivity index (χ3n) is 2.06. The molecule has 1 atom stereocenters. The molecule has 0 bridgehead atoms. The standard InChI is InChI=1S/C10H20ClNO2/c1-9(5-7-13)8-12-10(14)4-2-3-6-11/h9,13H,2-8H2,1H3,(H,12,14). The van der Waals surface area contributed by atoms with E-state index in [1.807, 2.05) is 6.92 Å². The number of hydrogen-bond acceptors (Lipinski definition) is 2. The second-order valence-electron chi connectivity index (χ2n) is 3.57. The predicted molar refractivity (Wildman–Crippen MR) is 58.4 cm³/mol. The van der Waals surface area contributed by atoms with Gasteiger partial charge < -0.3 is 10.4 Å². The molecular weight excluding hydrogens is 202 g/mol. The van der Waals surface area contributed by atoms with Gasteiger partial charge >= 0.3 is 0 Å². The molecule has 0 aliphatic carbocycles. The van der Waals surface area contributed by atoms with Crippen molar-refractivity contribution in [3.8, 4) is 0 Å². The monoisotopic (exact) mass is 221 g/mol. The second kappa shape index (κ2) is 9.28. The fraction of sp³-hybridized carbons (Fsp3) is 0.900. The summed E-state index contributed by atoms with van der Waals surface area (Å²) < 4.78 is 0. The molecule has 0 radical (unpaired) electrons. The highest BCUT2D eigenvalue weighted by Crippen LogP contribution is 2.00. The minimum absolute atomic E-state index is 0.0832. The van der Waals surface area contributed by atoms with E-state index in [0.29, 0.717) is 24.8 Å². The number of aliphatic hydroxyl groups excluding tert-OH is 1. The molecule has 2 N–H and O–H groups in total. The highest BCUT2D eigenvalue weighted by molar-refractivity contribution is 6.17. The van der Waals surface area contributed by atoms with Crippen LogP contribution in [0.3, 0.4) is 0 Å². The average Bonchev–Trinajstić information content (AvgIpc) is 2.16. The van der Waals surface area contributed by atoms with E-state index in [4.69, 9.17) is 16.7 Å². The van der Waals surface area contributed by atoms with E-state index in [1.54, 1.807) is 0 Å². The summed E-state index contributed by atoms with van der Waals surface area (Å²) in [6.45, 7) is 2.85. The van der Waals surface area contributed by atoms with Crippen molar-refractivity contribution >= 4 is 17.5 Å². The summed E-state index contributed by atoms with van der Waals surface area (Å²) in [4.78, 5) is 11.2. The maximum atomic E-state index is 11.2. The lowest BCUT2D eigenvalue weighted by Gasteiger charge is -2.10. The van der Waals surface area contributed by atoms with E-state index < -0.39 is 0 Å². The van der Waals surface area contributed by atoms with Crippen molar-refractivity contribution in [1.82, 2.24) is 5.32 Å². The van der Waals surface area contributed by atoms with Gasteiger partial charge in [-0.2, -0.15) is 0 Å². The van der Waals surface area contributed by atoms with Gasteiger partial charge in [0, 0.05) is 25.5 Å². The zero-order valence-corrected chi connectivity index (χ0v) is 9.52. The summed E-state index contributed by atoms with van der Waals surface area (Å²) in [5.74, 6) is 1.05. The van der Waals surface area contributed by atoms with E-state index in [1.165, 1.54) is 0 Å². The molecule has 0 saturated carbocycles. The van der Waals surface area contributed by atoms with Crippen LogP contribution in [0.1, 0.15) is 32.6 Å². The van der Waals surface area contributed by atoms with Crippen molar-refractivity contribution in [3.63, 3.8) is 0 Å². The fourth-order valence-corrected chi connectivity index (χ4v) is 1.27. The Hall–Kier alpha value is -0.280. The molecule has 0 aromatic heterocycles. The first-order chi connectivity index (χ1) is 6.70. The minimum Gasteiger partial charge on any atom is -0.396 e. The maximum absolute atomic E-state index is 11.2. The van der Waals surface area contributed by atoms with Crippen molar-refractivity contribution in [1.29, 1.82) is 0 Å². The number of amides is 1. The van der Waals surface area contributed by atoms with Crippen LogP contribution in [0, 0.1) is 5.92 Å². The Bertz CT molecular complexity index is 153. The van der Waals surface area contributed by atoms with Crippen molar-refractivity contribution in [2.45, 2.75) is 32.6 Å². The van der Waals surface area contributed by atoms with Crippen LogP contribution in [0.5, 0.6) is 0 Å². The number of alkyl halides is 1. The van der Waals surface area contributed by atoms with Gasteiger partial charge in [-0.15, -0.1) is 11.6 Å². The van der Waals surface area contributed by atoms with Gasteiger partial charge in [0.2, 0.25) is 5.91 Å². The predicted octanol–water partition coefficient (Wildman–Crippen LogP) is 1.53. The Kier molecular flexibility index (Phi) is 9.10. The Labute approximate surface area is 90.8 Å². The van der Waals surface area contributed by atoms with Gasteiger partial charge in [0.15, 0.2) is 0 Å². The maximum Gasteiger partial charge on any atom is 0.220 e. The highest BCUT2D eigenvalue weighted by Gasteiger charge is 2.04. The number of rotatable bonds is 8. The third kappa shape index (κ3) is 8.32. The molecule has 1 amide bonds. The van der Waals surface area contributed by atoms with E-state index in [-0.39, 0.29) is 12.5 Å². The van der Waals surface area contributed by atoms with E-state index in [9.17, 15) is 4.79 Å². The topological polar surface area (TPSA) is 49.3 Å². The molecular formula is C10H20ClNO2. The minimum atomic E-state index is 0.0832. The lowest BCUT2D eigenvalue weighted by Crippen LogP contribution is -2.28. The third-order valence-corrected chi connectivity index (χ3v) is 2.32. The quantitative estimate of drug-likeness (QED) is 0.483. The van der Waals surface area contributed by atoms with Gasteiger partial charge in [-0.1, -0.05) is 6.92 Å². The van der Waals surface area contributed by atoms with Crippen LogP contribution in [0.4, 0.5) is 0 Å². The number of carbonyl (C=O) groups is 1. The zero-order valence-electron chi connectivity index (χ0n) is 8.76. The molecule has 0 spiro atoms. The first kappa shape index (κ1) is 13.7. The smallest absolute Gasteiger partial charge is 0.220 e. The summed E-state index contributed by atoms with van der Waals surface area (Å²) >= 11 is 5.49. The van der Waals surface area contributed by atoms with E-state index in [0.717, 1.165) is 19.3 Å². The number of aliphatic hydroxyl groups is 1. The molecule has 0 fully saturated rings. The van der Waals surface area contributed by atoms with Crippen LogP contribution in [0.25, 0.3) is 0 Å². The lowest BCUT2D eigenvalue weighted by molar-refractivity contribution is -0.121. The molecule has 0 aromatic rings. The number of hydrogen-bond donors (Lipinski definition) is 2. The van der Waals surface area contributed by atoms with Gasteiger partial charge in [0.25, 0.3) is 0 Å². The second-order valence-corrected chi connectivity index (χ2v) is 3.95. The lowest BCUT2D eigenvalue weighted by atomic mass is 10.1. The van der Waals surface area contributed by atoms with Crippen LogP contribution in [0.15, 0.2) is 0 Å². The van der Waals surface area contributed by atoms with E-state index in [2.05, 4.69) is 5.32 Å². The van der Waals surface area contributed by atoms with Crippen LogP contribution in [0.2, 0.25) is 0 Å². The van der Waals surface area contributed by atoms with Crippen LogP contribution >= 0.6 is 11.6 Å². The summed E-state index contributed by atoms with van der Waals surface area (Å²) in [5.41, 5.74) is 0. The van der Waals surface area contributed by atoms with Crippen molar-refractivity contribution in [2.24, 2.45) is 5.92 Å². The average molecular weight is 222 g/mol. The molecule has 0 aliphatic rings. The molecule has 14 heavy (non-hydrogen) atoms. The molecule has 0 aromatic carbocycles. The number of unbranched alkanes of at least 4 members (excludes halogenated alkanes) is 1. The zero-order chi connectivity index (χ0) is 10.8. The first-order valence-electron chi connectivity index (χ1n) is 5.14. The molecule has 0 saturated heterocycles. The molecule has 1 unspecified atom stereocenters. The Morgan fingerprint density at radius 1 is 1.50 bits per heavy atom. The summed E-state index contributed by atoms with van der Waals surface area (Å²) in [7, 11) is 0. The fourth-order valence-electron chi connectivity index (χ4n) is 1.08. The summed E-state index contributed by atoms with van der Waals surface area (Å²) in [6.07, 6.45) is 3.03. The molecule has 0 rings (SSSR count). The van der Waals surface area contributed by atoms with E-state index >= 15 is 0 Å². The summed E-state index contributed by atoms with van der Waals surface area (Å²) in [6, 6.07) is 0. The Morgan fingerprint density at radius 2 is 2.21 bits per heavy atom. The van der Waals surface area contributed by atoms with Gasteiger partial charge in [0.1, 0.15) is 0 Å². The molecule has 4 heteroatoms.